The maximum Gasteiger partial charge on any atom is 0.121 e. The number of para-hydroxylation sites is 4. The Labute approximate surface area is 304 Å². The molecule has 7 aromatic carbocycles. The van der Waals surface area contributed by atoms with E-state index in [1.165, 1.54) is 10.8 Å². The van der Waals surface area contributed by atoms with Gasteiger partial charge < -0.3 is 9.13 Å². The molecular formula is C46H27N7. The van der Waals surface area contributed by atoms with E-state index in [0.717, 1.165) is 66.7 Å². The SMILES string of the molecule is N#Cc1ccc(-c2nnn(-c3cccc4c5ccccc5n(-c5cccc(-n6c7ccccc7c7ccccc76)c5)c34)c2-c2ccc(C#N)cc2)cc1. The third kappa shape index (κ3) is 4.66. The summed E-state index contributed by atoms with van der Waals surface area (Å²) in [5.74, 6) is 0. The first-order valence-electron chi connectivity index (χ1n) is 17.3. The first kappa shape index (κ1) is 30.1. The largest absolute Gasteiger partial charge is 0.309 e. The molecular weight excluding hydrogens is 651 g/mol. The third-order valence-corrected chi connectivity index (χ3v) is 10.1. The van der Waals surface area contributed by atoms with E-state index in [0.29, 0.717) is 16.8 Å². The molecule has 0 bridgehead atoms. The Bertz CT molecular complexity index is 3070. The minimum Gasteiger partial charge on any atom is -0.309 e. The number of nitriles is 2. The van der Waals surface area contributed by atoms with Crippen molar-refractivity contribution in [2.24, 2.45) is 0 Å². The Morgan fingerprint density at radius 3 is 1.55 bits per heavy atom. The fourth-order valence-electron chi connectivity index (χ4n) is 7.72. The van der Waals surface area contributed by atoms with Gasteiger partial charge in [-0.1, -0.05) is 102 Å². The quantitative estimate of drug-likeness (QED) is 0.181. The molecule has 0 aliphatic heterocycles. The van der Waals surface area contributed by atoms with Gasteiger partial charge in [0.1, 0.15) is 11.4 Å². The van der Waals surface area contributed by atoms with E-state index in [1.54, 1.807) is 12.1 Å². The summed E-state index contributed by atoms with van der Waals surface area (Å²) in [5, 5.41) is 33.3. The van der Waals surface area contributed by atoms with Gasteiger partial charge in [-0.3, -0.25) is 0 Å². The van der Waals surface area contributed by atoms with Crippen LogP contribution < -0.4 is 0 Å². The zero-order chi connectivity index (χ0) is 35.5. The zero-order valence-electron chi connectivity index (χ0n) is 28.2. The Balaban J connectivity index is 1.25. The summed E-state index contributed by atoms with van der Waals surface area (Å²) in [6, 6.07) is 59.9. The van der Waals surface area contributed by atoms with Crippen molar-refractivity contribution in [1.29, 1.82) is 10.5 Å². The van der Waals surface area contributed by atoms with Crippen LogP contribution in [0.1, 0.15) is 11.1 Å². The second-order valence-electron chi connectivity index (χ2n) is 13.0. The summed E-state index contributed by atoms with van der Waals surface area (Å²) < 4.78 is 6.57. The molecule has 3 heterocycles. The van der Waals surface area contributed by atoms with Gasteiger partial charge in [0.2, 0.25) is 0 Å². The number of nitrogens with zero attached hydrogens (tertiary/aromatic N) is 7. The second-order valence-corrected chi connectivity index (χ2v) is 13.0. The van der Waals surface area contributed by atoms with Crippen molar-refractivity contribution in [3.8, 4) is 51.7 Å². The molecule has 0 fully saturated rings. The fourth-order valence-corrected chi connectivity index (χ4v) is 7.72. The van der Waals surface area contributed by atoms with Crippen LogP contribution >= 0.6 is 0 Å². The predicted octanol–water partition coefficient (Wildman–Crippen LogP) is 10.5. The van der Waals surface area contributed by atoms with Crippen molar-refractivity contribution in [1.82, 2.24) is 24.1 Å². The number of hydrogen-bond donors (Lipinski definition) is 0. The van der Waals surface area contributed by atoms with E-state index < -0.39 is 0 Å². The molecule has 10 rings (SSSR count). The zero-order valence-corrected chi connectivity index (χ0v) is 28.2. The average Bonchev–Trinajstić information content (AvgIpc) is 3.92. The minimum atomic E-state index is 0.568. The highest BCUT2D eigenvalue weighted by molar-refractivity contribution is 6.12. The summed E-state index contributed by atoms with van der Waals surface area (Å²) in [5.41, 5.74) is 11.6. The van der Waals surface area contributed by atoms with Gasteiger partial charge in [-0.2, -0.15) is 10.5 Å². The molecule has 53 heavy (non-hydrogen) atoms. The number of aromatic nitrogens is 5. The molecule has 0 saturated carbocycles. The predicted molar refractivity (Wildman–Crippen MR) is 210 cm³/mol. The molecule has 0 radical (unpaired) electrons. The number of fused-ring (bicyclic) bond motifs is 6. The lowest BCUT2D eigenvalue weighted by atomic mass is 10.0. The molecule has 7 nitrogen and oxygen atoms in total. The highest BCUT2D eigenvalue weighted by Crippen LogP contribution is 2.40. The van der Waals surface area contributed by atoms with Gasteiger partial charge in [-0.05, 0) is 66.7 Å². The first-order chi connectivity index (χ1) is 26.2. The smallest absolute Gasteiger partial charge is 0.121 e. The van der Waals surface area contributed by atoms with Crippen LogP contribution in [-0.2, 0) is 0 Å². The summed E-state index contributed by atoms with van der Waals surface area (Å²) in [6.07, 6.45) is 0. The lowest BCUT2D eigenvalue weighted by molar-refractivity contribution is 0.810. The number of rotatable bonds is 5. The molecule has 246 valence electrons. The third-order valence-electron chi connectivity index (χ3n) is 10.1. The van der Waals surface area contributed by atoms with Crippen LogP contribution in [0.4, 0.5) is 0 Å². The fraction of sp³-hybridized carbons (Fsp3) is 0. The lowest BCUT2D eigenvalue weighted by Gasteiger charge is -2.15. The van der Waals surface area contributed by atoms with Gasteiger partial charge in [0.05, 0.1) is 51.0 Å². The van der Waals surface area contributed by atoms with E-state index in [4.69, 9.17) is 10.3 Å². The van der Waals surface area contributed by atoms with Crippen molar-refractivity contribution >= 4 is 43.6 Å². The van der Waals surface area contributed by atoms with Crippen LogP contribution in [-0.4, -0.2) is 24.1 Å². The van der Waals surface area contributed by atoms with E-state index in [1.807, 2.05) is 41.1 Å². The summed E-state index contributed by atoms with van der Waals surface area (Å²) >= 11 is 0. The molecule has 0 spiro atoms. The normalized spacial score (nSPS) is 11.4. The molecule has 0 saturated heterocycles. The van der Waals surface area contributed by atoms with Gasteiger partial charge in [-0.25, -0.2) is 4.68 Å². The van der Waals surface area contributed by atoms with Crippen molar-refractivity contribution in [3.05, 3.63) is 175 Å². The highest BCUT2D eigenvalue weighted by Gasteiger charge is 2.23. The molecule has 0 unspecified atom stereocenters. The Morgan fingerprint density at radius 1 is 0.453 bits per heavy atom. The van der Waals surface area contributed by atoms with Crippen LogP contribution in [0, 0.1) is 22.7 Å². The Hall–Kier alpha value is -7.74. The molecule has 0 N–H and O–H groups in total. The first-order valence-corrected chi connectivity index (χ1v) is 17.3. The average molecular weight is 678 g/mol. The van der Waals surface area contributed by atoms with E-state index in [9.17, 15) is 10.5 Å². The van der Waals surface area contributed by atoms with Crippen LogP contribution in [0.15, 0.2) is 164 Å². The standard InChI is InChI=1S/C46H27N7/c47-28-30-19-23-32(24-20-30)44-45(33-25-21-31(29-48)22-26-33)53(50-49-44)43-18-8-14-39-38-13-3-6-17-42(38)52(46(39)43)35-10-7-9-34(27-35)51-40-15-4-1-11-36(40)37-12-2-5-16-41(37)51/h1-27H. The van der Waals surface area contributed by atoms with Gasteiger partial charge in [0, 0.05) is 44.0 Å². The number of benzene rings is 7. The molecule has 0 amide bonds. The van der Waals surface area contributed by atoms with Crippen molar-refractivity contribution in [3.63, 3.8) is 0 Å². The monoisotopic (exact) mass is 677 g/mol. The van der Waals surface area contributed by atoms with E-state index in [-0.39, 0.29) is 0 Å². The maximum absolute atomic E-state index is 9.57. The lowest BCUT2D eigenvalue weighted by Crippen LogP contribution is -2.04. The Morgan fingerprint density at radius 2 is 0.943 bits per heavy atom. The van der Waals surface area contributed by atoms with Crippen LogP contribution in [0.25, 0.3) is 83.2 Å². The van der Waals surface area contributed by atoms with Crippen LogP contribution in [0.3, 0.4) is 0 Å². The van der Waals surface area contributed by atoms with Crippen molar-refractivity contribution in [2.75, 3.05) is 0 Å². The van der Waals surface area contributed by atoms with Gasteiger partial charge in [0.25, 0.3) is 0 Å². The van der Waals surface area contributed by atoms with Crippen LogP contribution in [0.5, 0.6) is 0 Å². The van der Waals surface area contributed by atoms with Gasteiger partial charge >= 0.3 is 0 Å². The van der Waals surface area contributed by atoms with Gasteiger partial charge in [-0.15, -0.1) is 5.10 Å². The van der Waals surface area contributed by atoms with Crippen molar-refractivity contribution in [2.45, 2.75) is 0 Å². The summed E-state index contributed by atoms with van der Waals surface area (Å²) in [4.78, 5) is 0. The van der Waals surface area contributed by atoms with Crippen molar-refractivity contribution < 1.29 is 0 Å². The van der Waals surface area contributed by atoms with Crippen LogP contribution in [0.2, 0.25) is 0 Å². The molecule has 0 atom stereocenters. The second kappa shape index (κ2) is 11.9. The summed E-state index contributed by atoms with van der Waals surface area (Å²) in [6.45, 7) is 0. The minimum absolute atomic E-state index is 0.568. The van der Waals surface area contributed by atoms with Gasteiger partial charge in [0.15, 0.2) is 0 Å². The number of hydrogen-bond acceptors (Lipinski definition) is 4. The van der Waals surface area contributed by atoms with E-state index in [2.05, 4.69) is 137 Å². The van der Waals surface area contributed by atoms with E-state index >= 15 is 0 Å². The molecule has 10 aromatic rings. The molecule has 0 aliphatic carbocycles. The Kier molecular flexibility index (Phi) is 6.79. The maximum atomic E-state index is 9.57. The molecule has 7 heteroatoms. The summed E-state index contributed by atoms with van der Waals surface area (Å²) in [7, 11) is 0. The molecule has 0 aliphatic rings. The molecule has 3 aromatic heterocycles. The highest BCUT2D eigenvalue weighted by atomic mass is 15.4. The topological polar surface area (TPSA) is 88.2 Å².